The maximum Gasteiger partial charge on any atom is 0.407 e. The lowest BCUT2D eigenvalue weighted by atomic mass is 9.66. The first-order valence-corrected chi connectivity index (χ1v) is 8.31. The van der Waals surface area contributed by atoms with Crippen LogP contribution in [0.2, 0.25) is 0 Å². The quantitative estimate of drug-likeness (QED) is 0.858. The van der Waals surface area contributed by atoms with Crippen LogP contribution in [0.25, 0.3) is 0 Å². The Bertz CT molecular complexity index is 597. The highest BCUT2D eigenvalue weighted by Gasteiger charge is 2.51. The van der Waals surface area contributed by atoms with Gasteiger partial charge in [-0.05, 0) is 51.3 Å². The predicted molar refractivity (Wildman–Crippen MR) is 89.8 cm³/mol. The number of likely N-dealkylation sites (tertiary alicyclic amines) is 1. The molecule has 1 N–H and O–H groups in total. The van der Waals surface area contributed by atoms with Crippen molar-refractivity contribution in [3.63, 3.8) is 0 Å². The molecule has 0 spiro atoms. The Morgan fingerprint density at radius 2 is 2.00 bits per heavy atom. The molecule has 24 heavy (non-hydrogen) atoms. The summed E-state index contributed by atoms with van der Waals surface area (Å²) in [5, 5.41) is 9.40. The van der Waals surface area contributed by atoms with Crippen molar-refractivity contribution < 1.29 is 19.4 Å². The molecule has 6 nitrogen and oxygen atoms in total. The molecule has 2 heterocycles. The van der Waals surface area contributed by atoms with Crippen molar-refractivity contribution in [2.75, 3.05) is 13.1 Å². The Balaban J connectivity index is 2.44. The number of rotatable bonds is 3. The summed E-state index contributed by atoms with van der Waals surface area (Å²) in [4.78, 5) is 29.9. The molecule has 1 amide bonds. The first kappa shape index (κ1) is 18.2. The molecule has 0 radical (unpaired) electrons. The number of esters is 1. The number of pyridine rings is 1. The molecular formula is C18H26N2O4. The molecule has 0 bridgehead atoms. The smallest absolute Gasteiger partial charge is 0.407 e. The number of nitrogens with zero attached hydrogens (tertiary/aromatic N) is 2. The number of hydrogen-bond acceptors (Lipinski definition) is 4. The fraction of sp³-hybridized carbons (Fsp3) is 0.611. The Morgan fingerprint density at radius 1 is 1.38 bits per heavy atom. The Hall–Kier alpha value is -2.11. The minimum Gasteiger partial charge on any atom is -0.465 e. The molecule has 0 saturated carbocycles. The van der Waals surface area contributed by atoms with Crippen molar-refractivity contribution in [3.8, 4) is 0 Å². The van der Waals surface area contributed by atoms with Crippen LogP contribution in [0.3, 0.4) is 0 Å². The molecule has 1 aromatic heterocycles. The van der Waals surface area contributed by atoms with E-state index in [1.807, 2.05) is 39.8 Å². The van der Waals surface area contributed by atoms with Crippen LogP contribution in [-0.4, -0.2) is 45.7 Å². The number of carbonyl (C=O) groups is 2. The second-order valence-corrected chi connectivity index (χ2v) is 7.34. The number of hydrogen-bond donors (Lipinski definition) is 1. The number of carbonyl (C=O) groups excluding carboxylic acids is 1. The van der Waals surface area contributed by atoms with E-state index in [0.717, 1.165) is 5.56 Å². The van der Waals surface area contributed by atoms with Gasteiger partial charge in [-0.1, -0.05) is 6.92 Å². The van der Waals surface area contributed by atoms with Crippen LogP contribution in [0.1, 0.15) is 52.0 Å². The lowest BCUT2D eigenvalue weighted by molar-refractivity contribution is -0.172. The highest BCUT2D eigenvalue weighted by atomic mass is 16.6. The molecular weight excluding hydrogens is 308 g/mol. The van der Waals surface area contributed by atoms with Crippen molar-refractivity contribution in [2.45, 2.75) is 52.1 Å². The Morgan fingerprint density at radius 3 is 2.50 bits per heavy atom. The predicted octanol–water partition coefficient (Wildman–Crippen LogP) is 3.29. The molecule has 1 saturated heterocycles. The van der Waals surface area contributed by atoms with E-state index < -0.39 is 17.1 Å². The fourth-order valence-corrected chi connectivity index (χ4v) is 3.42. The van der Waals surface area contributed by atoms with Crippen molar-refractivity contribution in [2.24, 2.45) is 5.41 Å². The van der Waals surface area contributed by atoms with Gasteiger partial charge in [-0.3, -0.25) is 9.78 Å². The Labute approximate surface area is 142 Å². The Kier molecular flexibility index (Phi) is 5.16. The van der Waals surface area contributed by atoms with E-state index in [9.17, 15) is 14.7 Å². The van der Waals surface area contributed by atoms with Crippen LogP contribution < -0.4 is 0 Å². The zero-order valence-electron chi connectivity index (χ0n) is 14.8. The molecule has 2 unspecified atom stereocenters. The first-order chi connectivity index (χ1) is 11.2. The van der Waals surface area contributed by atoms with Gasteiger partial charge in [0.25, 0.3) is 0 Å². The summed E-state index contributed by atoms with van der Waals surface area (Å²) in [5.74, 6) is -0.416. The van der Waals surface area contributed by atoms with E-state index >= 15 is 0 Å². The maximum atomic E-state index is 13.1. The number of aromatic nitrogens is 1. The minimum absolute atomic E-state index is 0.0871. The number of carboxylic acid groups (broad SMARTS) is 1. The van der Waals surface area contributed by atoms with Crippen molar-refractivity contribution in [1.29, 1.82) is 0 Å². The molecule has 1 fully saturated rings. The van der Waals surface area contributed by atoms with Crippen LogP contribution in [0, 0.1) is 5.41 Å². The molecule has 6 heteroatoms. The highest BCUT2D eigenvalue weighted by Crippen LogP contribution is 2.46. The van der Waals surface area contributed by atoms with E-state index in [-0.39, 0.29) is 18.4 Å². The number of ether oxygens (including phenoxy) is 1. The minimum atomic E-state index is -0.996. The van der Waals surface area contributed by atoms with E-state index in [4.69, 9.17) is 4.74 Å². The molecule has 2 atom stereocenters. The molecule has 2 rings (SSSR count). The van der Waals surface area contributed by atoms with Crippen LogP contribution in [-0.2, 0) is 9.53 Å². The van der Waals surface area contributed by atoms with Crippen molar-refractivity contribution in [1.82, 2.24) is 9.88 Å². The molecule has 0 aromatic carbocycles. The average Bonchev–Trinajstić information content (AvgIpc) is 2.53. The maximum absolute atomic E-state index is 13.1. The van der Waals surface area contributed by atoms with E-state index in [1.165, 1.54) is 4.90 Å². The zero-order chi connectivity index (χ0) is 18.0. The molecule has 1 aliphatic rings. The average molecular weight is 334 g/mol. The molecule has 1 aromatic rings. The zero-order valence-corrected chi connectivity index (χ0v) is 14.8. The monoisotopic (exact) mass is 334 g/mol. The summed E-state index contributed by atoms with van der Waals surface area (Å²) >= 11 is 0. The van der Waals surface area contributed by atoms with Gasteiger partial charge in [0.15, 0.2) is 0 Å². The van der Waals surface area contributed by atoms with Gasteiger partial charge in [-0.15, -0.1) is 0 Å². The van der Waals surface area contributed by atoms with Gasteiger partial charge in [-0.2, -0.15) is 0 Å². The summed E-state index contributed by atoms with van der Waals surface area (Å²) in [7, 11) is 0. The largest absolute Gasteiger partial charge is 0.465 e. The summed E-state index contributed by atoms with van der Waals surface area (Å²) in [6, 6.07) is 3.80. The molecule has 132 valence electrons. The summed E-state index contributed by atoms with van der Waals surface area (Å²) < 4.78 is 5.68. The van der Waals surface area contributed by atoms with Gasteiger partial charge in [0.2, 0.25) is 0 Å². The lowest BCUT2D eigenvalue weighted by Gasteiger charge is -2.46. The van der Waals surface area contributed by atoms with Crippen LogP contribution in [0.4, 0.5) is 4.79 Å². The van der Waals surface area contributed by atoms with Gasteiger partial charge < -0.3 is 14.7 Å². The van der Waals surface area contributed by atoms with Crippen LogP contribution >= 0.6 is 0 Å². The third-order valence-corrected chi connectivity index (χ3v) is 4.64. The van der Waals surface area contributed by atoms with Crippen LogP contribution in [0.15, 0.2) is 24.5 Å². The van der Waals surface area contributed by atoms with Crippen molar-refractivity contribution in [3.05, 3.63) is 30.1 Å². The van der Waals surface area contributed by atoms with Crippen LogP contribution in [0.5, 0.6) is 0 Å². The highest BCUT2D eigenvalue weighted by molar-refractivity contribution is 5.80. The van der Waals surface area contributed by atoms with Crippen molar-refractivity contribution >= 4 is 12.1 Å². The molecule has 1 aliphatic heterocycles. The van der Waals surface area contributed by atoms with E-state index in [1.54, 1.807) is 12.4 Å². The van der Waals surface area contributed by atoms with Gasteiger partial charge in [0.05, 0.1) is 5.41 Å². The van der Waals surface area contributed by atoms with Gasteiger partial charge in [-0.25, -0.2) is 4.79 Å². The summed E-state index contributed by atoms with van der Waals surface area (Å²) in [5.41, 5.74) is -0.499. The fourth-order valence-electron chi connectivity index (χ4n) is 3.42. The second kappa shape index (κ2) is 6.79. The first-order valence-electron chi connectivity index (χ1n) is 8.31. The SMILES string of the molecule is CCC1(C(=O)OC(C)(C)C)CN(C(=O)O)CCC1c1ccncc1. The molecule has 0 aliphatic carbocycles. The topological polar surface area (TPSA) is 79.7 Å². The van der Waals surface area contributed by atoms with E-state index in [2.05, 4.69) is 4.98 Å². The summed E-state index contributed by atoms with van der Waals surface area (Å²) in [6.45, 7) is 7.96. The van der Waals surface area contributed by atoms with E-state index in [0.29, 0.717) is 19.4 Å². The standard InChI is InChI=1S/C18H26N2O4/c1-5-18(15(21)24-17(2,3)4)12-20(16(22)23)11-8-14(18)13-6-9-19-10-7-13/h6-7,9-10,14H,5,8,11-12H2,1-4H3,(H,22,23). The summed E-state index contributed by atoms with van der Waals surface area (Å²) in [6.07, 6.45) is 3.51. The third-order valence-electron chi connectivity index (χ3n) is 4.64. The van der Waals surface area contributed by atoms with Gasteiger partial charge in [0, 0.05) is 31.4 Å². The number of amides is 1. The number of piperidine rings is 1. The van der Waals surface area contributed by atoms with Gasteiger partial charge in [0.1, 0.15) is 5.60 Å². The normalized spacial score (nSPS) is 24.5. The second-order valence-electron chi connectivity index (χ2n) is 7.34. The third kappa shape index (κ3) is 3.68. The van der Waals surface area contributed by atoms with Gasteiger partial charge >= 0.3 is 12.1 Å². The lowest BCUT2D eigenvalue weighted by Crippen LogP contribution is -2.54.